The summed E-state index contributed by atoms with van der Waals surface area (Å²) in [5.41, 5.74) is 0. The average molecular weight is 453 g/mol. The largest absolute Gasteiger partial charge is 0.465 e. The molecule has 1 aliphatic carbocycles. The van der Waals surface area contributed by atoms with Crippen molar-refractivity contribution in [3.05, 3.63) is 0 Å². The van der Waals surface area contributed by atoms with Crippen molar-refractivity contribution in [1.29, 1.82) is 0 Å². The first-order chi connectivity index (χ1) is 15.6. The van der Waals surface area contributed by atoms with Crippen molar-refractivity contribution < 1.29 is 19.1 Å². The maximum Gasteiger partial charge on any atom is 0.309 e. The fourth-order valence-electron chi connectivity index (χ4n) is 4.68. The molecule has 0 amide bonds. The lowest BCUT2D eigenvalue weighted by Crippen LogP contribution is -2.35. The predicted octanol–water partition coefficient (Wildman–Crippen LogP) is 8.02. The Kier molecular flexibility index (Phi) is 17.6. The van der Waals surface area contributed by atoms with Gasteiger partial charge in [0.15, 0.2) is 0 Å². The van der Waals surface area contributed by atoms with Crippen LogP contribution in [0.25, 0.3) is 0 Å². The van der Waals surface area contributed by atoms with Gasteiger partial charge < -0.3 is 9.47 Å². The van der Waals surface area contributed by atoms with Gasteiger partial charge in [-0.1, -0.05) is 111 Å². The van der Waals surface area contributed by atoms with Crippen LogP contribution in [-0.4, -0.2) is 25.2 Å². The van der Waals surface area contributed by atoms with Crippen LogP contribution in [0.15, 0.2) is 0 Å². The average Bonchev–Trinajstić information content (AvgIpc) is 2.79. The number of rotatable bonds is 19. The van der Waals surface area contributed by atoms with E-state index in [2.05, 4.69) is 20.8 Å². The summed E-state index contributed by atoms with van der Waals surface area (Å²) in [5.74, 6) is -0.214. The SMILES string of the molecule is CCCCCCCCCCCOC(=O)C1CCCCC1C(=O)OCCCCCCC(C)C. The molecule has 1 saturated carbocycles. The molecular weight excluding hydrogens is 400 g/mol. The third kappa shape index (κ3) is 14.2. The normalized spacial score (nSPS) is 18.6. The quantitative estimate of drug-likeness (QED) is 0.147. The van der Waals surface area contributed by atoms with Crippen molar-refractivity contribution in [2.24, 2.45) is 17.8 Å². The molecule has 1 fully saturated rings. The summed E-state index contributed by atoms with van der Waals surface area (Å²) < 4.78 is 11.1. The molecule has 1 aliphatic rings. The topological polar surface area (TPSA) is 52.6 Å². The molecule has 0 saturated heterocycles. The van der Waals surface area contributed by atoms with Gasteiger partial charge in [-0.05, 0) is 31.6 Å². The number of ether oxygens (including phenoxy) is 2. The highest BCUT2D eigenvalue weighted by Crippen LogP contribution is 2.32. The molecule has 1 rings (SSSR count). The zero-order valence-corrected chi connectivity index (χ0v) is 21.5. The Hall–Kier alpha value is -1.06. The molecule has 4 nitrogen and oxygen atoms in total. The van der Waals surface area contributed by atoms with Crippen LogP contribution in [0.1, 0.15) is 136 Å². The number of hydrogen-bond acceptors (Lipinski definition) is 4. The second kappa shape index (κ2) is 19.4. The van der Waals surface area contributed by atoms with Crippen molar-refractivity contribution in [2.45, 2.75) is 136 Å². The highest BCUT2D eigenvalue weighted by atomic mass is 16.5. The number of hydrogen-bond donors (Lipinski definition) is 0. The lowest BCUT2D eigenvalue weighted by Gasteiger charge is -2.28. The van der Waals surface area contributed by atoms with E-state index in [0.29, 0.717) is 13.2 Å². The molecule has 0 N–H and O–H groups in total. The van der Waals surface area contributed by atoms with E-state index in [-0.39, 0.29) is 23.8 Å². The van der Waals surface area contributed by atoms with E-state index in [0.717, 1.165) is 57.3 Å². The zero-order valence-electron chi connectivity index (χ0n) is 21.5. The standard InChI is InChI=1S/C28H52O4/c1-4-5-6-7-8-9-10-12-17-22-31-27(29)25-20-15-16-21-26(25)28(30)32-23-18-13-11-14-19-24(2)3/h24-26H,4-23H2,1-3H3. The van der Waals surface area contributed by atoms with Crippen LogP contribution in [0.5, 0.6) is 0 Å². The summed E-state index contributed by atoms with van der Waals surface area (Å²) >= 11 is 0. The molecule has 32 heavy (non-hydrogen) atoms. The second-order valence-corrected chi connectivity index (χ2v) is 10.3. The van der Waals surface area contributed by atoms with Crippen molar-refractivity contribution in [3.8, 4) is 0 Å². The van der Waals surface area contributed by atoms with Crippen LogP contribution in [0.4, 0.5) is 0 Å². The Morgan fingerprint density at radius 1 is 0.656 bits per heavy atom. The molecule has 2 atom stereocenters. The third-order valence-corrected chi connectivity index (χ3v) is 6.78. The van der Waals surface area contributed by atoms with Gasteiger partial charge in [-0.15, -0.1) is 0 Å². The third-order valence-electron chi connectivity index (χ3n) is 6.78. The van der Waals surface area contributed by atoms with Gasteiger partial charge in [0.25, 0.3) is 0 Å². The Bertz CT molecular complexity index is 474. The molecule has 0 heterocycles. The highest BCUT2D eigenvalue weighted by Gasteiger charge is 2.37. The smallest absolute Gasteiger partial charge is 0.309 e. The van der Waals surface area contributed by atoms with Crippen LogP contribution < -0.4 is 0 Å². The Labute approximate surface area is 198 Å². The fourth-order valence-corrected chi connectivity index (χ4v) is 4.68. The van der Waals surface area contributed by atoms with E-state index in [4.69, 9.17) is 9.47 Å². The summed E-state index contributed by atoms with van der Waals surface area (Å²) in [4.78, 5) is 25.2. The number of carbonyl (C=O) groups is 2. The lowest BCUT2D eigenvalue weighted by atomic mass is 9.79. The van der Waals surface area contributed by atoms with Gasteiger partial charge in [0.05, 0.1) is 25.0 Å². The van der Waals surface area contributed by atoms with Crippen LogP contribution in [0.2, 0.25) is 0 Å². The van der Waals surface area contributed by atoms with Crippen molar-refractivity contribution in [3.63, 3.8) is 0 Å². The maximum absolute atomic E-state index is 12.6. The molecule has 4 heteroatoms. The molecule has 0 aliphatic heterocycles. The monoisotopic (exact) mass is 452 g/mol. The van der Waals surface area contributed by atoms with Gasteiger partial charge in [-0.3, -0.25) is 9.59 Å². The molecule has 2 unspecified atom stereocenters. The van der Waals surface area contributed by atoms with E-state index in [9.17, 15) is 9.59 Å². The minimum absolute atomic E-state index is 0.181. The second-order valence-electron chi connectivity index (χ2n) is 10.3. The number of carbonyl (C=O) groups excluding carboxylic acids is 2. The lowest BCUT2D eigenvalue weighted by molar-refractivity contribution is -0.163. The summed E-state index contributed by atoms with van der Waals surface area (Å²) in [6.07, 6.45) is 20.5. The van der Waals surface area contributed by atoms with Crippen molar-refractivity contribution >= 4 is 11.9 Å². The van der Waals surface area contributed by atoms with Crippen LogP contribution >= 0.6 is 0 Å². The Balaban J connectivity index is 2.15. The molecule has 0 spiro atoms. The van der Waals surface area contributed by atoms with Gasteiger partial charge >= 0.3 is 11.9 Å². The van der Waals surface area contributed by atoms with E-state index in [1.165, 1.54) is 64.2 Å². The summed E-state index contributed by atoms with van der Waals surface area (Å²) in [7, 11) is 0. The molecule has 0 aromatic heterocycles. The minimum atomic E-state index is -0.305. The Morgan fingerprint density at radius 3 is 1.50 bits per heavy atom. The fraction of sp³-hybridized carbons (Fsp3) is 0.929. The first-order valence-corrected chi connectivity index (χ1v) is 13.9. The van der Waals surface area contributed by atoms with E-state index < -0.39 is 0 Å². The zero-order chi connectivity index (χ0) is 23.4. The first-order valence-electron chi connectivity index (χ1n) is 13.9. The molecule has 0 aromatic carbocycles. The van der Waals surface area contributed by atoms with Gasteiger partial charge in [0, 0.05) is 0 Å². The van der Waals surface area contributed by atoms with Crippen molar-refractivity contribution in [1.82, 2.24) is 0 Å². The van der Waals surface area contributed by atoms with Gasteiger partial charge in [0.2, 0.25) is 0 Å². The van der Waals surface area contributed by atoms with E-state index in [1.54, 1.807) is 0 Å². The van der Waals surface area contributed by atoms with Crippen molar-refractivity contribution in [2.75, 3.05) is 13.2 Å². The molecule has 0 bridgehead atoms. The predicted molar refractivity (Wildman–Crippen MR) is 133 cm³/mol. The van der Waals surface area contributed by atoms with Crippen LogP contribution in [-0.2, 0) is 19.1 Å². The summed E-state index contributed by atoms with van der Waals surface area (Å²) in [6, 6.07) is 0. The molecule has 0 aromatic rings. The summed E-state index contributed by atoms with van der Waals surface area (Å²) in [6.45, 7) is 7.73. The van der Waals surface area contributed by atoms with E-state index >= 15 is 0 Å². The maximum atomic E-state index is 12.6. The van der Waals surface area contributed by atoms with Crippen LogP contribution in [0, 0.1) is 17.8 Å². The minimum Gasteiger partial charge on any atom is -0.465 e. The number of unbranched alkanes of at least 4 members (excludes halogenated alkanes) is 11. The molecule has 188 valence electrons. The van der Waals surface area contributed by atoms with Gasteiger partial charge in [0.1, 0.15) is 0 Å². The van der Waals surface area contributed by atoms with Gasteiger partial charge in [-0.2, -0.15) is 0 Å². The number of esters is 2. The first kappa shape index (κ1) is 29.0. The highest BCUT2D eigenvalue weighted by molar-refractivity contribution is 5.82. The van der Waals surface area contributed by atoms with Gasteiger partial charge in [-0.25, -0.2) is 0 Å². The Morgan fingerprint density at radius 2 is 1.06 bits per heavy atom. The van der Waals surface area contributed by atoms with E-state index in [1.807, 2.05) is 0 Å². The summed E-state index contributed by atoms with van der Waals surface area (Å²) in [5, 5.41) is 0. The van der Waals surface area contributed by atoms with Crippen LogP contribution in [0.3, 0.4) is 0 Å². The molecule has 0 radical (unpaired) electrons. The molecular formula is C28H52O4.